The van der Waals surface area contributed by atoms with Gasteiger partial charge in [0.2, 0.25) is 10.0 Å². The van der Waals surface area contributed by atoms with Crippen LogP contribution in [0.15, 0.2) is 15.4 Å². The van der Waals surface area contributed by atoms with Crippen LogP contribution in [-0.2, 0) is 10.0 Å². The number of hydrogen-bond acceptors (Lipinski definition) is 5. The number of carbonyl (C=O) groups is 1. The molecule has 1 aliphatic heterocycles. The van der Waals surface area contributed by atoms with Crippen molar-refractivity contribution < 1.29 is 17.6 Å². The lowest BCUT2D eigenvalue weighted by molar-refractivity contribution is 0.0926. The van der Waals surface area contributed by atoms with Crippen LogP contribution in [0.5, 0.6) is 0 Å². The van der Waals surface area contributed by atoms with Crippen molar-refractivity contribution in [2.45, 2.75) is 24.7 Å². The van der Waals surface area contributed by atoms with E-state index in [1.54, 1.807) is 6.92 Å². The quantitative estimate of drug-likeness (QED) is 0.813. The Balaban J connectivity index is 0.00000220. The number of amides is 1. The summed E-state index contributed by atoms with van der Waals surface area (Å²) in [5, 5.41) is 2.54. The lowest BCUT2D eigenvalue weighted by atomic mass is 10.4. The molecular weight excluding hydrogens is 318 g/mol. The summed E-state index contributed by atoms with van der Waals surface area (Å²) in [6, 6.07) is 1.29. The third-order valence-corrected chi connectivity index (χ3v) is 5.21. The second kappa shape index (κ2) is 7.26. The van der Waals surface area contributed by atoms with Gasteiger partial charge < -0.3 is 15.5 Å². The van der Waals surface area contributed by atoms with Crippen LogP contribution < -0.4 is 11.1 Å². The number of carbonyl (C=O) groups excluding carboxylic acids is 1. The first kappa shape index (κ1) is 18.0. The maximum atomic E-state index is 12.4. The van der Waals surface area contributed by atoms with Gasteiger partial charge in [0.15, 0.2) is 5.76 Å². The van der Waals surface area contributed by atoms with Crippen LogP contribution in [-0.4, -0.2) is 44.8 Å². The lowest BCUT2D eigenvalue weighted by Crippen LogP contribution is -2.29. The van der Waals surface area contributed by atoms with Gasteiger partial charge in [0.05, 0.1) is 0 Å². The Morgan fingerprint density at radius 3 is 2.62 bits per heavy atom. The smallest absolute Gasteiger partial charge is 0.287 e. The predicted molar refractivity (Wildman–Crippen MR) is 80.1 cm³/mol. The molecule has 1 saturated heterocycles. The highest BCUT2D eigenvalue weighted by molar-refractivity contribution is 7.89. The first-order valence-corrected chi connectivity index (χ1v) is 7.99. The SMILES string of the molecule is Cc1oc(C(=O)NCCN)cc1S(=O)(=O)N1CCCC1.Cl. The Morgan fingerprint density at radius 2 is 2.05 bits per heavy atom. The maximum absolute atomic E-state index is 12.4. The van der Waals surface area contributed by atoms with Gasteiger partial charge in [0.1, 0.15) is 10.7 Å². The van der Waals surface area contributed by atoms with Crippen molar-refractivity contribution in [3.05, 3.63) is 17.6 Å². The van der Waals surface area contributed by atoms with Crippen LogP contribution in [0, 0.1) is 6.92 Å². The number of hydrogen-bond donors (Lipinski definition) is 2. The molecule has 21 heavy (non-hydrogen) atoms. The van der Waals surface area contributed by atoms with Gasteiger partial charge in [-0.15, -0.1) is 12.4 Å². The van der Waals surface area contributed by atoms with E-state index in [-0.39, 0.29) is 28.8 Å². The Kier molecular flexibility index (Phi) is 6.21. The van der Waals surface area contributed by atoms with Crippen molar-refractivity contribution in [2.24, 2.45) is 5.73 Å². The molecule has 0 aliphatic carbocycles. The van der Waals surface area contributed by atoms with Crippen LogP contribution in [0.4, 0.5) is 0 Å². The van der Waals surface area contributed by atoms with E-state index in [2.05, 4.69) is 5.32 Å². The summed E-state index contributed by atoms with van der Waals surface area (Å²) >= 11 is 0. The van der Waals surface area contributed by atoms with Gasteiger partial charge in [-0.2, -0.15) is 4.31 Å². The molecule has 0 saturated carbocycles. The number of nitrogens with two attached hydrogens (primary N) is 1. The molecule has 0 radical (unpaired) electrons. The minimum Gasteiger partial charge on any atom is -0.455 e. The van der Waals surface area contributed by atoms with E-state index in [1.165, 1.54) is 10.4 Å². The van der Waals surface area contributed by atoms with Crippen molar-refractivity contribution >= 4 is 28.3 Å². The zero-order chi connectivity index (χ0) is 14.8. The predicted octanol–water partition coefficient (Wildman–Crippen LogP) is 0.483. The van der Waals surface area contributed by atoms with Crippen LogP contribution in [0.25, 0.3) is 0 Å². The summed E-state index contributed by atoms with van der Waals surface area (Å²) in [6.45, 7) is 3.20. The lowest BCUT2D eigenvalue weighted by Gasteiger charge is -2.14. The van der Waals surface area contributed by atoms with E-state index in [0.29, 0.717) is 26.2 Å². The molecule has 2 rings (SSSR count). The number of aryl methyl sites for hydroxylation is 1. The van der Waals surface area contributed by atoms with Crippen molar-refractivity contribution in [2.75, 3.05) is 26.2 Å². The molecule has 0 bridgehead atoms. The summed E-state index contributed by atoms with van der Waals surface area (Å²) in [4.78, 5) is 11.8. The van der Waals surface area contributed by atoms with Crippen LogP contribution >= 0.6 is 12.4 Å². The van der Waals surface area contributed by atoms with E-state index in [4.69, 9.17) is 10.2 Å². The zero-order valence-corrected chi connectivity index (χ0v) is 13.4. The second-order valence-electron chi connectivity index (χ2n) is 4.69. The van der Waals surface area contributed by atoms with Crippen LogP contribution in [0.2, 0.25) is 0 Å². The molecular formula is C12H20ClN3O4S. The van der Waals surface area contributed by atoms with Crippen molar-refractivity contribution in [1.82, 2.24) is 9.62 Å². The molecule has 0 aromatic carbocycles. The van der Waals surface area contributed by atoms with Crippen LogP contribution in [0.1, 0.15) is 29.2 Å². The Morgan fingerprint density at radius 1 is 1.43 bits per heavy atom. The van der Waals surface area contributed by atoms with Crippen molar-refractivity contribution in [3.63, 3.8) is 0 Å². The van der Waals surface area contributed by atoms with Crippen LogP contribution in [0.3, 0.4) is 0 Å². The van der Waals surface area contributed by atoms with Gasteiger partial charge in [-0.05, 0) is 19.8 Å². The molecule has 0 atom stereocenters. The zero-order valence-electron chi connectivity index (χ0n) is 11.8. The highest BCUT2D eigenvalue weighted by Crippen LogP contribution is 2.26. The summed E-state index contributed by atoms with van der Waals surface area (Å²) in [6.07, 6.45) is 1.72. The van der Waals surface area contributed by atoms with E-state index in [0.717, 1.165) is 12.8 Å². The van der Waals surface area contributed by atoms with Gasteiger partial charge in [0, 0.05) is 32.2 Å². The Bertz CT molecular complexity index is 594. The number of furan rings is 1. The van der Waals surface area contributed by atoms with Crippen molar-refractivity contribution in [3.8, 4) is 0 Å². The Labute approximate surface area is 130 Å². The monoisotopic (exact) mass is 337 g/mol. The fraction of sp³-hybridized carbons (Fsp3) is 0.583. The van der Waals surface area contributed by atoms with Crippen molar-refractivity contribution in [1.29, 1.82) is 0 Å². The third kappa shape index (κ3) is 3.76. The van der Waals surface area contributed by atoms with Gasteiger partial charge in [-0.3, -0.25) is 4.79 Å². The molecule has 1 aromatic rings. The number of nitrogens with one attached hydrogen (secondary N) is 1. The largest absolute Gasteiger partial charge is 0.455 e. The fourth-order valence-corrected chi connectivity index (χ4v) is 3.85. The number of rotatable bonds is 5. The summed E-state index contributed by atoms with van der Waals surface area (Å²) in [5.41, 5.74) is 5.29. The standard InChI is InChI=1S/C12H19N3O4S.ClH/c1-9-11(20(17,18)15-6-2-3-7-15)8-10(19-9)12(16)14-5-4-13;/h8H,2-7,13H2,1H3,(H,14,16);1H. The van der Waals surface area contributed by atoms with E-state index >= 15 is 0 Å². The van der Waals surface area contributed by atoms with E-state index < -0.39 is 15.9 Å². The number of halogens is 1. The molecule has 3 N–H and O–H groups in total. The average Bonchev–Trinajstić information content (AvgIpc) is 3.05. The molecule has 0 unspecified atom stereocenters. The summed E-state index contributed by atoms with van der Waals surface area (Å²) in [5.74, 6) is -0.232. The third-order valence-electron chi connectivity index (χ3n) is 3.21. The normalized spacial score (nSPS) is 15.7. The molecule has 1 fully saturated rings. The molecule has 120 valence electrons. The number of nitrogens with zero attached hydrogens (tertiary/aromatic N) is 1. The number of sulfonamides is 1. The van der Waals surface area contributed by atoms with E-state index in [1.807, 2.05) is 0 Å². The summed E-state index contributed by atoms with van der Waals surface area (Å²) in [7, 11) is -3.57. The molecule has 0 spiro atoms. The van der Waals surface area contributed by atoms with Gasteiger partial charge in [0.25, 0.3) is 5.91 Å². The first-order chi connectivity index (χ1) is 9.46. The molecule has 1 aliphatic rings. The molecule has 2 heterocycles. The van der Waals surface area contributed by atoms with Gasteiger partial charge in [-0.1, -0.05) is 0 Å². The molecule has 1 aromatic heterocycles. The summed E-state index contributed by atoms with van der Waals surface area (Å²) < 4.78 is 31.5. The topological polar surface area (TPSA) is 106 Å². The molecule has 1 amide bonds. The highest BCUT2D eigenvalue weighted by Gasteiger charge is 2.31. The first-order valence-electron chi connectivity index (χ1n) is 6.55. The van der Waals surface area contributed by atoms with E-state index in [9.17, 15) is 13.2 Å². The fourth-order valence-electron chi connectivity index (χ4n) is 2.17. The Hall–Kier alpha value is -1.09. The average molecular weight is 338 g/mol. The second-order valence-corrected chi connectivity index (χ2v) is 6.59. The molecule has 7 nitrogen and oxygen atoms in total. The highest BCUT2D eigenvalue weighted by atomic mass is 35.5. The molecule has 9 heteroatoms. The van der Waals surface area contributed by atoms with Gasteiger partial charge >= 0.3 is 0 Å². The minimum atomic E-state index is -3.57. The maximum Gasteiger partial charge on any atom is 0.287 e. The minimum absolute atomic E-state index is 0. The van der Waals surface area contributed by atoms with Gasteiger partial charge in [-0.25, -0.2) is 8.42 Å².